The molecule has 0 saturated carbocycles. The van der Waals surface area contributed by atoms with Crippen LogP contribution in [0.5, 0.6) is 11.5 Å². The normalized spacial score (nSPS) is 18.1. The molecule has 4 heteroatoms. The number of rotatable bonds is 5. The second kappa shape index (κ2) is 6.64. The molecule has 1 atom stereocenters. The first kappa shape index (κ1) is 14.7. The highest BCUT2D eigenvalue weighted by Crippen LogP contribution is 2.38. The zero-order valence-electron chi connectivity index (χ0n) is 12.5. The number of ether oxygens (including phenoxy) is 2. The van der Waals surface area contributed by atoms with E-state index < -0.39 is 0 Å². The van der Waals surface area contributed by atoms with Crippen LogP contribution in [-0.4, -0.2) is 31.6 Å². The molecule has 1 aliphatic rings. The number of carbonyl (C=O) groups excluding carboxylic acids is 1. The van der Waals surface area contributed by atoms with E-state index in [0.717, 1.165) is 42.9 Å². The number of hydrogen-bond acceptors (Lipinski definition) is 3. The van der Waals surface area contributed by atoms with E-state index in [0.29, 0.717) is 6.42 Å². The van der Waals surface area contributed by atoms with Crippen molar-refractivity contribution in [1.82, 2.24) is 4.90 Å². The van der Waals surface area contributed by atoms with Crippen LogP contribution in [0.4, 0.5) is 0 Å². The Morgan fingerprint density at radius 2 is 2.15 bits per heavy atom. The molecule has 1 heterocycles. The van der Waals surface area contributed by atoms with Crippen LogP contribution >= 0.6 is 0 Å². The van der Waals surface area contributed by atoms with Gasteiger partial charge in [-0.25, -0.2) is 0 Å². The van der Waals surface area contributed by atoms with Gasteiger partial charge in [0.05, 0.1) is 20.3 Å². The van der Waals surface area contributed by atoms with Crippen LogP contribution in [0.2, 0.25) is 0 Å². The zero-order valence-corrected chi connectivity index (χ0v) is 12.5. The predicted molar refractivity (Wildman–Crippen MR) is 78.1 cm³/mol. The molecule has 4 nitrogen and oxygen atoms in total. The molecule has 1 aromatic carbocycles. The van der Waals surface area contributed by atoms with Crippen LogP contribution in [0.15, 0.2) is 18.2 Å². The highest BCUT2D eigenvalue weighted by atomic mass is 16.5. The van der Waals surface area contributed by atoms with Gasteiger partial charge in [0, 0.05) is 24.6 Å². The van der Waals surface area contributed by atoms with Gasteiger partial charge in [-0.1, -0.05) is 6.92 Å². The Labute approximate surface area is 120 Å². The van der Waals surface area contributed by atoms with Crippen LogP contribution in [0, 0.1) is 0 Å². The van der Waals surface area contributed by atoms with Gasteiger partial charge in [-0.05, 0) is 31.4 Å². The first-order chi connectivity index (χ1) is 9.71. The van der Waals surface area contributed by atoms with E-state index in [1.54, 1.807) is 14.2 Å². The summed E-state index contributed by atoms with van der Waals surface area (Å²) in [5, 5.41) is 0. The fraction of sp³-hybridized carbons (Fsp3) is 0.562. The van der Waals surface area contributed by atoms with Gasteiger partial charge in [0.15, 0.2) is 0 Å². The minimum atomic E-state index is 0.134. The third kappa shape index (κ3) is 2.89. The largest absolute Gasteiger partial charge is 0.497 e. The molecule has 0 N–H and O–H groups in total. The van der Waals surface area contributed by atoms with E-state index in [9.17, 15) is 4.79 Å². The summed E-state index contributed by atoms with van der Waals surface area (Å²) in [5.41, 5.74) is 1.08. The summed E-state index contributed by atoms with van der Waals surface area (Å²) in [6, 6.07) is 5.96. The predicted octanol–water partition coefficient (Wildman–Crippen LogP) is 3.17. The highest BCUT2D eigenvalue weighted by molar-refractivity contribution is 5.77. The van der Waals surface area contributed by atoms with Crippen molar-refractivity contribution in [2.24, 2.45) is 0 Å². The molecule has 0 aliphatic carbocycles. The van der Waals surface area contributed by atoms with Gasteiger partial charge in [-0.2, -0.15) is 0 Å². The fourth-order valence-corrected chi connectivity index (χ4v) is 2.84. The SMILES string of the molecule is CCCC(=O)N1CCCC1c1ccc(OC)cc1OC. The van der Waals surface area contributed by atoms with Crippen LogP contribution in [0.1, 0.15) is 44.2 Å². The van der Waals surface area contributed by atoms with Crippen molar-refractivity contribution in [3.8, 4) is 11.5 Å². The van der Waals surface area contributed by atoms with Crippen molar-refractivity contribution in [3.05, 3.63) is 23.8 Å². The Morgan fingerprint density at radius 3 is 2.80 bits per heavy atom. The number of amides is 1. The summed E-state index contributed by atoms with van der Waals surface area (Å²) in [6.07, 6.45) is 3.56. The fourth-order valence-electron chi connectivity index (χ4n) is 2.84. The molecule has 1 unspecified atom stereocenters. The number of benzene rings is 1. The van der Waals surface area contributed by atoms with Crippen molar-refractivity contribution in [1.29, 1.82) is 0 Å². The summed E-state index contributed by atoms with van der Waals surface area (Å²) in [7, 11) is 3.30. The van der Waals surface area contributed by atoms with E-state index in [-0.39, 0.29) is 11.9 Å². The second-order valence-corrected chi connectivity index (χ2v) is 5.10. The monoisotopic (exact) mass is 277 g/mol. The van der Waals surface area contributed by atoms with E-state index in [1.165, 1.54) is 0 Å². The molecule has 2 rings (SSSR count). The van der Waals surface area contributed by atoms with E-state index in [4.69, 9.17) is 9.47 Å². The van der Waals surface area contributed by atoms with Crippen LogP contribution in [0.25, 0.3) is 0 Å². The molecule has 1 saturated heterocycles. The van der Waals surface area contributed by atoms with Crippen molar-refractivity contribution in [3.63, 3.8) is 0 Å². The average Bonchev–Trinajstić information content (AvgIpc) is 2.96. The molecule has 1 aromatic rings. The lowest BCUT2D eigenvalue weighted by Gasteiger charge is -2.26. The average molecular weight is 277 g/mol. The van der Waals surface area contributed by atoms with Gasteiger partial charge in [0.2, 0.25) is 5.91 Å². The van der Waals surface area contributed by atoms with Gasteiger partial charge in [0.25, 0.3) is 0 Å². The lowest BCUT2D eigenvalue weighted by atomic mass is 10.0. The van der Waals surface area contributed by atoms with E-state index >= 15 is 0 Å². The van der Waals surface area contributed by atoms with Gasteiger partial charge < -0.3 is 14.4 Å². The van der Waals surface area contributed by atoms with E-state index in [1.807, 2.05) is 30.0 Å². The molecule has 1 amide bonds. The molecule has 0 radical (unpaired) electrons. The first-order valence-electron chi connectivity index (χ1n) is 7.22. The van der Waals surface area contributed by atoms with Crippen LogP contribution < -0.4 is 9.47 Å². The Morgan fingerprint density at radius 1 is 1.35 bits per heavy atom. The lowest BCUT2D eigenvalue weighted by Crippen LogP contribution is -2.30. The highest BCUT2D eigenvalue weighted by Gasteiger charge is 2.31. The zero-order chi connectivity index (χ0) is 14.5. The Bertz CT molecular complexity index is 473. The Balaban J connectivity index is 2.27. The Hall–Kier alpha value is -1.71. The second-order valence-electron chi connectivity index (χ2n) is 5.10. The lowest BCUT2D eigenvalue weighted by molar-refractivity contribution is -0.132. The first-order valence-corrected chi connectivity index (χ1v) is 7.22. The molecule has 20 heavy (non-hydrogen) atoms. The number of methoxy groups -OCH3 is 2. The van der Waals surface area contributed by atoms with Crippen molar-refractivity contribution in [2.45, 2.75) is 38.6 Å². The maximum atomic E-state index is 12.2. The van der Waals surface area contributed by atoms with Gasteiger partial charge in [0.1, 0.15) is 11.5 Å². The van der Waals surface area contributed by atoms with E-state index in [2.05, 4.69) is 0 Å². The molecule has 110 valence electrons. The summed E-state index contributed by atoms with van der Waals surface area (Å²) in [4.78, 5) is 14.2. The molecular weight excluding hydrogens is 254 g/mol. The van der Waals surface area contributed by atoms with Crippen LogP contribution in [0.3, 0.4) is 0 Å². The number of nitrogens with zero attached hydrogens (tertiary/aromatic N) is 1. The quantitative estimate of drug-likeness (QED) is 0.829. The third-order valence-corrected chi connectivity index (χ3v) is 3.84. The molecule has 0 bridgehead atoms. The molecule has 1 aliphatic heterocycles. The standard InChI is InChI=1S/C16H23NO3/c1-4-6-16(18)17-10-5-7-14(17)13-9-8-12(19-2)11-15(13)20-3/h8-9,11,14H,4-7,10H2,1-3H3. The minimum Gasteiger partial charge on any atom is -0.497 e. The van der Waals surface area contributed by atoms with Crippen LogP contribution in [-0.2, 0) is 4.79 Å². The van der Waals surface area contributed by atoms with Gasteiger partial charge in [-0.3, -0.25) is 4.79 Å². The maximum absolute atomic E-state index is 12.2. The number of likely N-dealkylation sites (tertiary alicyclic amines) is 1. The van der Waals surface area contributed by atoms with Crippen molar-refractivity contribution < 1.29 is 14.3 Å². The number of hydrogen-bond donors (Lipinski definition) is 0. The van der Waals surface area contributed by atoms with Crippen molar-refractivity contribution in [2.75, 3.05) is 20.8 Å². The molecule has 0 spiro atoms. The molecule has 1 fully saturated rings. The number of carbonyl (C=O) groups is 1. The topological polar surface area (TPSA) is 38.8 Å². The van der Waals surface area contributed by atoms with Crippen molar-refractivity contribution >= 4 is 5.91 Å². The minimum absolute atomic E-state index is 0.134. The summed E-state index contributed by atoms with van der Waals surface area (Å²) in [6.45, 7) is 2.88. The smallest absolute Gasteiger partial charge is 0.223 e. The summed E-state index contributed by atoms with van der Waals surface area (Å²) < 4.78 is 10.7. The third-order valence-electron chi connectivity index (χ3n) is 3.84. The Kier molecular flexibility index (Phi) is 4.88. The maximum Gasteiger partial charge on any atom is 0.223 e. The molecule has 0 aromatic heterocycles. The van der Waals surface area contributed by atoms with Gasteiger partial charge >= 0.3 is 0 Å². The van der Waals surface area contributed by atoms with Gasteiger partial charge in [-0.15, -0.1) is 0 Å². The summed E-state index contributed by atoms with van der Waals surface area (Å²) >= 11 is 0. The summed E-state index contributed by atoms with van der Waals surface area (Å²) in [5.74, 6) is 1.81. The molecular formula is C16H23NO3.